The zero-order valence-electron chi connectivity index (χ0n) is 10.8. The molecule has 0 aromatic carbocycles. The largest absolute Gasteiger partial charge is 0.382 e. The van der Waals surface area contributed by atoms with Crippen LogP contribution in [0.15, 0.2) is 12.3 Å². The summed E-state index contributed by atoms with van der Waals surface area (Å²) >= 11 is 0. The second kappa shape index (κ2) is 9.15. The van der Waals surface area contributed by atoms with E-state index in [9.17, 15) is 0 Å². The third kappa shape index (κ3) is 5.81. The van der Waals surface area contributed by atoms with Gasteiger partial charge in [0.2, 0.25) is 0 Å². The molecule has 5 nitrogen and oxygen atoms in total. The van der Waals surface area contributed by atoms with Crippen molar-refractivity contribution in [2.45, 2.75) is 26.4 Å². The summed E-state index contributed by atoms with van der Waals surface area (Å²) in [6.07, 6.45) is 2.86. The summed E-state index contributed by atoms with van der Waals surface area (Å²) in [7, 11) is 1.68. The summed E-state index contributed by atoms with van der Waals surface area (Å²) in [4.78, 5) is 0. The number of aromatic nitrogens is 2. The first-order chi connectivity index (χ1) is 8.38. The van der Waals surface area contributed by atoms with Crippen molar-refractivity contribution in [2.24, 2.45) is 0 Å². The Labute approximate surface area is 103 Å². The Kier molecular flexibility index (Phi) is 7.62. The predicted octanol–water partition coefficient (Wildman–Crippen LogP) is 1.05. The van der Waals surface area contributed by atoms with Gasteiger partial charge >= 0.3 is 0 Å². The highest BCUT2D eigenvalue weighted by Gasteiger charge is 1.99. The van der Waals surface area contributed by atoms with Crippen LogP contribution in [0.3, 0.4) is 0 Å². The van der Waals surface area contributed by atoms with Crippen LogP contribution in [0.25, 0.3) is 0 Å². The molecule has 1 rings (SSSR count). The number of aryl methyl sites for hydroxylation is 1. The van der Waals surface area contributed by atoms with Gasteiger partial charge in [-0.15, -0.1) is 0 Å². The van der Waals surface area contributed by atoms with E-state index in [1.165, 1.54) is 5.69 Å². The van der Waals surface area contributed by atoms with Crippen LogP contribution < -0.4 is 5.32 Å². The lowest BCUT2D eigenvalue weighted by Crippen LogP contribution is -2.19. The molecule has 17 heavy (non-hydrogen) atoms. The van der Waals surface area contributed by atoms with E-state index in [-0.39, 0.29) is 0 Å². The van der Waals surface area contributed by atoms with Crippen LogP contribution in [0.2, 0.25) is 0 Å². The van der Waals surface area contributed by atoms with Gasteiger partial charge in [0, 0.05) is 33.0 Å². The molecule has 0 spiro atoms. The highest BCUT2D eigenvalue weighted by molar-refractivity contribution is 4.99. The molecule has 0 radical (unpaired) electrons. The Balaban J connectivity index is 1.97. The summed E-state index contributed by atoms with van der Waals surface area (Å²) in [5.41, 5.74) is 1.23. The van der Waals surface area contributed by atoms with E-state index >= 15 is 0 Å². The minimum atomic E-state index is 0.670. The standard InChI is InChI=1S/C12H23N3O2/c1-3-15-12(5-7-14-15)11-13-6-4-8-17-10-9-16-2/h5,7,13H,3-4,6,8-11H2,1-2H3. The second-order valence-corrected chi connectivity index (χ2v) is 3.77. The lowest BCUT2D eigenvalue weighted by Gasteiger charge is -2.07. The maximum absolute atomic E-state index is 5.37. The molecule has 0 atom stereocenters. The summed E-state index contributed by atoms with van der Waals surface area (Å²) in [6, 6.07) is 2.05. The fraction of sp³-hybridized carbons (Fsp3) is 0.750. The van der Waals surface area contributed by atoms with Crippen molar-refractivity contribution >= 4 is 0 Å². The lowest BCUT2D eigenvalue weighted by atomic mass is 10.4. The minimum absolute atomic E-state index is 0.670. The van der Waals surface area contributed by atoms with Gasteiger partial charge < -0.3 is 14.8 Å². The minimum Gasteiger partial charge on any atom is -0.382 e. The normalized spacial score (nSPS) is 10.9. The SMILES string of the molecule is CCn1nccc1CNCCCOCCOC. The zero-order chi connectivity index (χ0) is 12.3. The lowest BCUT2D eigenvalue weighted by molar-refractivity contribution is 0.0694. The van der Waals surface area contributed by atoms with Crippen LogP contribution in [0.4, 0.5) is 0 Å². The molecule has 98 valence electrons. The molecule has 0 aliphatic rings. The van der Waals surface area contributed by atoms with Gasteiger partial charge in [-0.3, -0.25) is 4.68 Å². The molecular weight excluding hydrogens is 218 g/mol. The van der Waals surface area contributed by atoms with Gasteiger partial charge in [0.05, 0.1) is 18.9 Å². The van der Waals surface area contributed by atoms with Crippen molar-refractivity contribution in [3.05, 3.63) is 18.0 Å². The summed E-state index contributed by atoms with van der Waals surface area (Å²) in [5.74, 6) is 0. The van der Waals surface area contributed by atoms with Crippen LogP contribution in [-0.4, -0.2) is 43.3 Å². The monoisotopic (exact) mass is 241 g/mol. The Morgan fingerprint density at radius 3 is 3.00 bits per heavy atom. The fourth-order valence-electron chi connectivity index (χ4n) is 1.55. The quantitative estimate of drug-likeness (QED) is 0.622. The summed E-state index contributed by atoms with van der Waals surface area (Å²) in [5, 5.41) is 7.60. The van der Waals surface area contributed by atoms with Gasteiger partial charge in [-0.25, -0.2) is 0 Å². The number of methoxy groups -OCH3 is 1. The molecule has 0 fully saturated rings. The molecule has 1 N–H and O–H groups in total. The predicted molar refractivity (Wildman–Crippen MR) is 66.9 cm³/mol. The van der Waals surface area contributed by atoms with Crippen LogP contribution in [0.5, 0.6) is 0 Å². The maximum Gasteiger partial charge on any atom is 0.0700 e. The molecule has 0 aliphatic carbocycles. The molecular formula is C12H23N3O2. The van der Waals surface area contributed by atoms with Crippen molar-refractivity contribution in [1.82, 2.24) is 15.1 Å². The average Bonchev–Trinajstić information content (AvgIpc) is 2.80. The van der Waals surface area contributed by atoms with Gasteiger partial charge in [-0.05, 0) is 26.0 Å². The van der Waals surface area contributed by atoms with Gasteiger partial charge in [-0.2, -0.15) is 5.10 Å². The molecule has 1 aromatic rings. The van der Waals surface area contributed by atoms with Gasteiger partial charge in [0.1, 0.15) is 0 Å². The highest BCUT2D eigenvalue weighted by atomic mass is 16.5. The first-order valence-corrected chi connectivity index (χ1v) is 6.16. The first kappa shape index (κ1) is 14.2. The van der Waals surface area contributed by atoms with Crippen molar-refractivity contribution in [3.63, 3.8) is 0 Å². The Morgan fingerprint density at radius 1 is 1.35 bits per heavy atom. The molecule has 0 aliphatic heterocycles. The average molecular weight is 241 g/mol. The van der Waals surface area contributed by atoms with E-state index in [2.05, 4.69) is 17.3 Å². The van der Waals surface area contributed by atoms with E-state index in [4.69, 9.17) is 9.47 Å². The number of hydrogen-bond acceptors (Lipinski definition) is 4. The molecule has 0 amide bonds. The van der Waals surface area contributed by atoms with Gasteiger partial charge in [0.25, 0.3) is 0 Å². The van der Waals surface area contributed by atoms with E-state index in [0.29, 0.717) is 13.2 Å². The number of nitrogens with zero attached hydrogens (tertiary/aromatic N) is 2. The molecule has 1 aromatic heterocycles. The number of ether oxygens (including phenoxy) is 2. The van der Waals surface area contributed by atoms with Gasteiger partial charge in [0.15, 0.2) is 0 Å². The molecule has 0 saturated carbocycles. The van der Waals surface area contributed by atoms with Gasteiger partial charge in [-0.1, -0.05) is 0 Å². The zero-order valence-corrected chi connectivity index (χ0v) is 10.8. The van der Waals surface area contributed by atoms with Crippen LogP contribution >= 0.6 is 0 Å². The second-order valence-electron chi connectivity index (χ2n) is 3.77. The highest BCUT2D eigenvalue weighted by Crippen LogP contribution is 1.97. The third-order valence-electron chi connectivity index (χ3n) is 2.48. The third-order valence-corrected chi connectivity index (χ3v) is 2.48. The maximum atomic E-state index is 5.37. The summed E-state index contributed by atoms with van der Waals surface area (Å²) < 4.78 is 12.3. The number of nitrogens with one attached hydrogen (secondary N) is 1. The Morgan fingerprint density at radius 2 is 2.24 bits per heavy atom. The molecule has 0 unspecified atom stereocenters. The van der Waals surface area contributed by atoms with Crippen LogP contribution in [0.1, 0.15) is 19.0 Å². The molecule has 0 saturated heterocycles. The summed E-state index contributed by atoms with van der Waals surface area (Å²) in [6.45, 7) is 6.98. The molecule has 5 heteroatoms. The Hall–Kier alpha value is -0.910. The molecule has 0 bridgehead atoms. The van der Waals surface area contributed by atoms with Crippen LogP contribution in [-0.2, 0) is 22.6 Å². The topological polar surface area (TPSA) is 48.3 Å². The number of rotatable bonds is 10. The van der Waals surface area contributed by atoms with E-state index < -0.39 is 0 Å². The fourth-order valence-corrected chi connectivity index (χ4v) is 1.55. The van der Waals surface area contributed by atoms with Crippen molar-refractivity contribution < 1.29 is 9.47 Å². The van der Waals surface area contributed by atoms with Crippen molar-refractivity contribution in [2.75, 3.05) is 33.5 Å². The Bertz CT molecular complexity index is 289. The van der Waals surface area contributed by atoms with Crippen LogP contribution in [0, 0.1) is 0 Å². The van der Waals surface area contributed by atoms with E-state index in [1.807, 2.05) is 16.9 Å². The van der Waals surface area contributed by atoms with E-state index in [1.54, 1.807) is 7.11 Å². The van der Waals surface area contributed by atoms with Crippen molar-refractivity contribution in [3.8, 4) is 0 Å². The first-order valence-electron chi connectivity index (χ1n) is 6.16. The molecule has 1 heterocycles. The smallest absolute Gasteiger partial charge is 0.0700 e. The van der Waals surface area contributed by atoms with E-state index in [0.717, 1.165) is 32.7 Å². The number of hydrogen-bond donors (Lipinski definition) is 1. The van der Waals surface area contributed by atoms with Crippen molar-refractivity contribution in [1.29, 1.82) is 0 Å².